The summed E-state index contributed by atoms with van der Waals surface area (Å²) in [6, 6.07) is 0. The van der Waals surface area contributed by atoms with Crippen LogP contribution in [0, 0.1) is 11.3 Å². The molecular weight excluding hydrogens is 234 g/mol. The summed E-state index contributed by atoms with van der Waals surface area (Å²) in [6.07, 6.45) is 15.1. The van der Waals surface area contributed by atoms with Crippen molar-refractivity contribution in [3.63, 3.8) is 0 Å². The van der Waals surface area contributed by atoms with Gasteiger partial charge in [-0.05, 0) is 44.1 Å². The summed E-state index contributed by atoms with van der Waals surface area (Å²) in [6.45, 7) is 4.46. The van der Waals surface area contributed by atoms with E-state index in [1.807, 2.05) is 6.08 Å². The van der Waals surface area contributed by atoms with Gasteiger partial charge in [-0.3, -0.25) is 4.79 Å². The molecule has 0 aromatic carbocycles. The molecule has 0 radical (unpaired) electrons. The Balaban J connectivity index is 2.06. The zero-order chi connectivity index (χ0) is 13.7. The van der Waals surface area contributed by atoms with E-state index < -0.39 is 0 Å². The Bertz CT molecular complexity index is 373. The average Bonchev–Trinajstić information content (AvgIpc) is 2.40. The van der Waals surface area contributed by atoms with Crippen molar-refractivity contribution in [3.8, 4) is 0 Å². The van der Waals surface area contributed by atoms with Gasteiger partial charge in [0, 0.05) is 11.1 Å². The molecule has 19 heavy (non-hydrogen) atoms. The third-order valence-electron chi connectivity index (χ3n) is 4.38. The van der Waals surface area contributed by atoms with Crippen LogP contribution in [0.5, 0.6) is 0 Å². The van der Waals surface area contributed by atoms with Crippen LogP contribution >= 0.6 is 0 Å². The van der Waals surface area contributed by atoms with Gasteiger partial charge in [-0.2, -0.15) is 0 Å². The fraction of sp³-hybridized carbons (Fsp3) is 0.706. The molecular formula is C17H27NO. The van der Waals surface area contributed by atoms with Crippen LogP contribution in [0.1, 0.15) is 65.2 Å². The lowest BCUT2D eigenvalue weighted by Crippen LogP contribution is -2.43. The van der Waals surface area contributed by atoms with Crippen LogP contribution in [-0.2, 0) is 4.79 Å². The van der Waals surface area contributed by atoms with E-state index in [2.05, 4.69) is 31.3 Å². The third-order valence-corrected chi connectivity index (χ3v) is 4.38. The first kappa shape index (κ1) is 14.4. The van der Waals surface area contributed by atoms with Crippen LogP contribution in [0.15, 0.2) is 23.9 Å². The van der Waals surface area contributed by atoms with E-state index in [0.717, 1.165) is 37.8 Å². The Morgan fingerprint density at radius 1 is 1.32 bits per heavy atom. The fourth-order valence-electron chi connectivity index (χ4n) is 3.52. The maximum Gasteiger partial charge on any atom is 0.230 e. The molecule has 0 aromatic rings. The summed E-state index contributed by atoms with van der Waals surface area (Å²) < 4.78 is 0. The largest absolute Gasteiger partial charge is 0.329 e. The highest BCUT2D eigenvalue weighted by molar-refractivity contribution is 5.84. The van der Waals surface area contributed by atoms with Crippen LogP contribution < -0.4 is 5.32 Å². The summed E-state index contributed by atoms with van der Waals surface area (Å²) in [7, 11) is 0. The van der Waals surface area contributed by atoms with E-state index in [1.165, 1.54) is 19.3 Å². The molecule has 0 atom stereocenters. The second kappa shape index (κ2) is 6.40. The normalized spacial score (nSPS) is 22.2. The van der Waals surface area contributed by atoms with E-state index in [9.17, 15) is 4.79 Å². The van der Waals surface area contributed by atoms with E-state index in [4.69, 9.17) is 0 Å². The standard InChI is InChI=1S/C17H27NO/c1-14(2)13-17(11-7-4-8-12-17)16(19)18-15-9-5-3-6-10-15/h3,5,9,14H,4,6-8,10-13H2,1-2H3,(H,18,19). The summed E-state index contributed by atoms with van der Waals surface area (Å²) in [5, 5.41) is 3.21. The lowest BCUT2D eigenvalue weighted by molar-refractivity contribution is -0.133. The topological polar surface area (TPSA) is 29.1 Å². The van der Waals surface area contributed by atoms with Crippen LogP contribution in [-0.4, -0.2) is 5.91 Å². The Morgan fingerprint density at radius 3 is 2.63 bits per heavy atom. The molecule has 0 aromatic heterocycles. The highest BCUT2D eigenvalue weighted by atomic mass is 16.2. The van der Waals surface area contributed by atoms with E-state index in [-0.39, 0.29) is 11.3 Å². The molecule has 1 fully saturated rings. The molecule has 2 aliphatic carbocycles. The van der Waals surface area contributed by atoms with Crippen LogP contribution in [0.4, 0.5) is 0 Å². The Hall–Kier alpha value is -1.05. The molecule has 106 valence electrons. The Labute approximate surface area is 117 Å². The molecule has 0 bridgehead atoms. The van der Waals surface area contributed by atoms with E-state index >= 15 is 0 Å². The van der Waals surface area contributed by atoms with Gasteiger partial charge in [0.05, 0.1) is 0 Å². The van der Waals surface area contributed by atoms with Gasteiger partial charge < -0.3 is 5.32 Å². The minimum absolute atomic E-state index is 0.103. The van der Waals surface area contributed by atoms with Crippen molar-refractivity contribution in [2.75, 3.05) is 0 Å². The first-order valence-corrected chi connectivity index (χ1v) is 7.79. The second-order valence-electron chi connectivity index (χ2n) is 6.55. The minimum Gasteiger partial charge on any atom is -0.329 e. The van der Waals surface area contributed by atoms with Crippen molar-refractivity contribution in [1.82, 2.24) is 5.32 Å². The molecule has 1 saturated carbocycles. The third kappa shape index (κ3) is 3.71. The van der Waals surface area contributed by atoms with Crippen LogP contribution in [0.3, 0.4) is 0 Å². The summed E-state index contributed by atoms with van der Waals surface area (Å²) in [5.74, 6) is 0.867. The first-order valence-electron chi connectivity index (χ1n) is 7.79. The van der Waals surface area contributed by atoms with Gasteiger partial charge in [-0.25, -0.2) is 0 Å². The van der Waals surface area contributed by atoms with Crippen molar-refractivity contribution in [1.29, 1.82) is 0 Å². The molecule has 2 nitrogen and oxygen atoms in total. The number of hydrogen-bond donors (Lipinski definition) is 1. The Morgan fingerprint density at radius 2 is 2.05 bits per heavy atom. The molecule has 0 saturated heterocycles. The highest BCUT2D eigenvalue weighted by Gasteiger charge is 2.39. The van der Waals surface area contributed by atoms with Crippen molar-refractivity contribution in [2.24, 2.45) is 11.3 Å². The van der Waals surface area contributed by atoms with Gasteiger partial charge in [0.15, 0.2) is 0 Å². The van der Waals surface area contributed by atoms with Crippen molar-refractivity contribution < 1.29 is 4.79 Å². The van der Waals surface area contributed by atoms with Gasteiger partial charge in [0.25, 0.3) is 0 Å². The number of nitrogens with one attached hydrogen (secondary N) is 1. The predicted molar refractivity (Wildman–Crippen MR) is 79.6 cm³/mol. The lowest BCUT2D eigenvalue weighted by Gasteiger charge is -2.37. The summed E-state index contributed by atoms with van der Waals surface area (Å²) in [4.78, 5) is 12.7. The van der Waals surface area contributed by atoms with Crippen LogP contribution in [0.2, 0.25) is 0 Å². The first-order chi connectivity index (χ1) is 9.12. The average molecular weight is 261 g/mol. The molecule has 2 heteroatoms. The Kier molecular flexibility index (Phi) is 4.84. The molecule has 0 unspecified atom stereocenters. The molecule has 2 aliphatic rings. The zero-order valence-corrected chi connectivity index (χ0v) is 12.4. The van der Waals surface area contributed by atoms with E-state index in [0.29, 0.717) is 5.92 Å². The quantitative estimate of drug-likeness (QED) is 0.801. The second-order valence-corrected chi connectivity index (χ2v) is 6.55. The monoisotopic (exact) mass is 261 g/mol. The number of amides is 1. The zero-order valence-electron chi connectivity index (χ0n) is 12.4. The molecule has 0 aliphatic heterocycles. The van der Waals surface area contributed by atoms with Crippen LogP contribution in [0.25, 0.3) is 0 Å². The fourth-order valence-corrected chi connectivity index (χ4v) is 3.52. The maximum atomic E-state index is 12.7. The number of hydrogen-bond acceptors (Lipinski definition) is 1. The van der Waals surface area contributed by atoms with E-state index in [1.54, 1.807) is 0 Å². The summed E-state index contributed by atoms with van der Waals surface area (Å²) >= 11 is 0. The SMILES string of the molecule is CC(C)CC1(C(=O)NC2=CC=CCC2)CCCCC1. The molecule has 1 N–H and O–H groups in total. The minimum atomic E-state index is -0.103. The van der Waals surface area contributed by atoms with Crippen molar-refractivity contribution in [3.05, 3.63) is 23.9 Å². The molecule has 1 amide bonds. The molecule has 0 spiro atoms. The number of carbonyl (C=O) groups is 1. The van der Waals surface area contributed by atoms with Crippen molar-refractivity contribution in [2.45, 2.75) is 65.2 Å². The number of rotatable bonds is 4. The lowest BCUT2D eigenvalue weighted by atomic mass is 9.68. The molecule has 2 rings (SSSR count). The smallest absolute Gasteiger partial charge is 0.230 e. The number of carbonyl (C=O) groups excluding carboxylic acids is 1. The van der Waals surface area contributed by atoms with Gasteiger partial charge in [0.2, 0.25) is 5.91 Å². The maximum absolute atomic E-state index is 12.7. The van der Waals surface area contributed by atoms with Gasteiger partial charge in [-0.15, -0.1) is 0 Å². The van der Waals surface area contributed by atoms with Gasteiger partial charge in [0.1, 0.15) is 0 Å². The van der Waals surface area contributed by atoms with Crippen molar-refractivity contribution >= 4 is 5.91 Å². The number of allylic oxidation sites excluding steroid dienone is 4. The van der Waals surface area contributed by atoms with Gasteiger partial charge >= 0.3 is 0 Å². The summed E-state index contributed by atoms with van der Waals surface area (Å²) in [5.41, 5.74) is 0.996. The predicted octanol–water partition coefficient (Wildman–Crippen LogP) is 4.33. The van der Waals surface area contributed by atoms with Gasteiger partial charge in [-0.1, -0.05) is 45.3 Å². The molecule has 0 heterocycles. The highest BCUT2D eigenvalue weighted by Crippen LogP contribution is 2.42.